The van der Waals surface area contributed by atoms with Gasteiger partial charge in [-0.3, -0.25) is 10.1 Å². The van der Waals surface area contributed by atoms with E-state index >= 15 is 0 Å². The monoisotopic (exact) mass is 302 g/mol. The first kappa shape index (κ1) is 15.5. The molecular formula is C17H19ClN2O. The molecule has 2 atom stereocenters. The normalized spacial score (nSPS) is 13.5. The molecule has 4 heteroatoms. The number of rotatable bonds is 5. The third kappa shape index (κ3) is 4.31. The smallest absolute Gasteiger partial charge is 0.241 e. The first-order chi connectivity index (χ1) is 10.1. The summed E-state index contributed by atoms with van der Waals surface area (Å²) < 4.78 is 0. The molecule has 0 spiro atoms. The van der Waals surface area contributed by atoms with Gasteiger partial charge in [-0.05, 0) is 37.6 Å². The van der Waals surface area contributed by atoms with Gasteiger partial charge in [0.25, 0.3) is 0 Å². The Kier molecular flexibility index (Phi) is 5.37. The zero-order chi connectivity index (χ0) is 15.2. The minimum absolute atomic E-state index is 0.00442. The topological polar surface area (TPSA) is 41.1 Å². The fourth-order valence-corrected chi connectivity index (χ4v) is 2.44. The Balaban J connectivity index is 1.96. The van der Waals surface area contributed by atoms with Gasteiger partial charge in [0.1, 0.15) is 0 Å². The van der Waals surface area contributed by atoms with Crippen LogP contribution in [0.4, 0.5) is 5.69 Å². The van der Waals surface area contributed by atoms with Crippen LogP contribution in [0.2, 0.25) is 5.02 Å². The lowest BCUT2D eigenvalue weighted by Crippen LogP contribution is -2.39. The Hall–Kier alpha value is -1.84. The largest absolute Gasteiger partial charge is 0.325 e. The number of anilines is 1. The van der Waals surface area contributed by atoms with Crippen LogP contribution in [0.1, 0.15) is 25.5 Å². The number of halogens is 1. The van der Waals surface area contributed by atoms with E-state index < -0.39 is 0 Å². The van der Waals surface area contributed by atoms with Crippen LogP contribution in [0.5, 0.6) is 0 Å². The lowest BCUT2D eigenvalue weighted by atomic mass is 10.1. The summed E-state index contributed by atoms with van der Waals surface area (Å²) in [6.45, 7) is 3.83. The lowest BCUT2D eigenvalue weighted by Gasteiger charge is -2.20. The maximum Gasteiger partial charge on any atom is 0.241 e. The summed E-state index contributed by atoms with van der Waals surface area (Å²) in [5.41, 5.74) is 1.78. The highest BCUT2D eigenvalue weighted by molar-refractivity contribution is 6.31. The number of hydrogen-bond acceptors (Lipinski definition) is 2. The van der Waals surface area contributed by atoms with Crippen LogP contribution in [0.15, 0.2) is 54.6 Å². The minimum Gasteiger partial charge on any atom is -0.325 e. The van der Waals surface area contributed by atoms with E-state index in [1.165, 1.54) is 0 Å². The lowest BCUT2D eigenvalue weighted by molar-refractivity contribution is -0.117. The Morgan fingerprint density at radius 2 is 1.62 bits per heavy atom. The summed E-state index contributed by atoms with van der Waals surface area (Å²) in [7, 11) is 0. The number of hydrogen-bond donors (Lipinski definition) is 2. The summed E-state index contributed by atoms with van der Waals surface area (Å²) in [6, 6.07) is 16.7. The van der Waals surface area contributed by atoms with E-state index in [4.69, 9.17) is 11.6 Å². The van der Waals surface area contributed by atoms with E-state index in [-0.39, 0.29) is 18.0 Å². The van der Waals surface area contributed by atoms with Gasteiger partial charge in [0.15, 0.2) is 0 Å². The summed E-state index contributed by atoms with van der Waals surface area (Å²) in [4.78, 5) is 12.2. The first-order valence-corrected chi connectivity index (χ1v) is 7.32. The standard InChI is InChI=1S/C17H19ClN2O/c1-12(15-10-6-7-11-16(15)18)19-13(2)17(21)20-14-8-4-3-5-9-14/h3-13,19H,1-2H3,(H,20,21)/t12-,13?/m1/s1. The van der Waals surface area contributed by atoms with Gasteiger partial charge < -0.3 is 5.32 Å². The van der Waals surface area contributed by atoms with Crippen LogP contribution in [0, 0.1) is 0 Å². The van der Waals surface area contributed by atoms with Crippen molar-refractivity contribution in [3.8, 4) is 0 Å². The molecule has 0 aliphatic carbocycles. The SMILES string of the molecule is CC(N[C@H](C)c1ccccc1Cl)C(=O)Nc1ccccc1. The number of benzene rings is 2. The molecule has 3 nitrogen and oxygen atoms in total. The molecule has 2 N–H and O–H groups in total. The van der Waals surface area contributed by atoms with Gasteiger partial charge in [0.05, 0.1) is 6.04 Å². The number of nitrogens with one attached hydrogen (secondary N) is 2. The Labute approximate surface area is 130 Å². The van der Waals surface area contributed by atoms with E-state index in [0.717, 1.165) is 11.3 Å². The molecule has 1 unspecified atom stereocenters. The van der Waals surface area contributed by atoms with Gasteiger partial charge in [-0.15, -0.1) is 0 Å². The van der Waals surface area contributed by atoms with E-state index in [1.54, 1.807) is 0 Å². The van der Waals surface area contributed by atoms with Crippen molar-refractivity contribution >= 4 is 23.2 Å². The Bertz CT molecular complexity index is 601. The number of para-hydroxylation sites is 1. The van der Waals surface area contributed by atoms with Crippen molar-refractivity contribution in [3.63, 3.8) is 0 Å². The molecule has 1 amide bonds. The second-order valence-electron chi connectivity index (χ2n) is 4.99. The Morgan fingerprint density at radius 3 is 2.29 bits per heavy atom. The predicted molar refractivity (Wildman–Crippen MR) is 87.5 cm³/mol. The average molecular weight is 303 g/mol. The zero-order valence-corrected chi connectivity index (χ0v) is 12.9. The van der Waals surface area contributed by atoms with Crippen LogP contribution in [-0.4, -0.2) is 11.9 Å². The van der Waals surface area contributed by atoms with Crippen molar-refractivity contribution < 1.29 is 4.79 Å². The Morgan fingerprint density at radius 1 is 1.00 bits per heavy atom. The number of amides is 1. The van der Waals surface area contributed by atoms with Crippen molar-refractivity contribution in [2.45, 2.75) is 25.9 Å². The van der Waals surface area contributed by atoms with Crippen LogP contribution in [0.25, 0.3) is 0 Å². The van der Waals surface area contributed by atoms with Crippen LogP contribution >= 0.6 is 11.6 Å². The predicted octanol–water partition coefficient (Wildman–Crippen LogP) is 4.02. The third-order valence-corrected chi connectivity index (χ3v) is 3.65. The molecule has 0 saturated heterocycles. The highest BCUT2D eigenvalue weighted by Crippen LogP contribution is 2.22. The fourth-order valence-electron chi connectivity index (χ4n) is 2.14. The molecular weight excluding hydrogens is 284 g/mol. The highest BCUT2D eigenvalue weighted by Gasteiger charge is 2.17. The van der Waals surface area contributed by atoms with Crippen LogP contribution in [0.3, 0.4) is 0 Å². The van der Waals surface area contributed by atoms with E-state index in [0.29, 0.717) is 5.02 Å². The van der Waals surface area contributed by atoms with Gasteiger partial charge in [-0.25, -0.2) is 0 Å². The van der Waals surface area contributed by atoms with Crippen LogP contribution in [-0.2, 0) is 4.79 Å². The minimum atomic E-state index is -0.323. The molecule has 110 valence electrons. The molecule has 0 bridgehead atoms. The zero-order valence-electron chi connectivity index (χ0n) is 12.1. The molecule has 2 rings (SSSR count). The molecule has 0 radical (unpaired) electrons. The maximum atomic E-state index is 12.2. The van der Waals surface area contributed by atoms with Crippen molar-refractivity contribution in [1.29, 1.82) is 0 Å². The molecule has 2 aromatic rings. The van der Waals surface area contributed by atoms with E-state index in [9.17, 15) is 4.79 Å². The summed E-state index contributed by atoms with van der Waals surface area (Å²) in [6.07, 6.45) is 0. The molecule has 2 aromatic carbocycles. The van der Waals surface area contributed by atoms with Gasteiger partial charge in [-0.2, -0.15) is 0 Å². The van der Waals surface area contributed by atoms with Gasteiger partial charge in [0.2, 0.25) is 5.91 Å². The van der Waals surface area contributed by atoms with Crippen molar-refractivity contribution in [2.24, 2.45) is 0 Å². The van der Waals surface area contributed by atoms with Crippen molar-refractivity contribution in [3.05, 3.63) is 65.2 Å². The van der Waals surface area contributed by atoms with Crippen molar-refractivity contribution in [2.75, 3.05) is 5.32 Å². The molecule has 0 aliphatic heterocycles. The summed E-state index contributed by atoms with van der Waals surface area (Å²) in [5.74, 6) is -0.0693. The van der Waals surface area contributed by atoms with Gasteiger partial charge in [0, 0.05) is 16.8 Å². The number of carbonyl (C=O) groups excluding carboxylic acids is 1. The quantitative estimate of drug-likeness (QED) is 0.876. The van der Waals surface area contributed by atoms with Crippen LogP contribution < -0.4 is 10.6 Å². The molecule has 0 fully saturated rings. The summed E-state index contributed by atoms with van der Waals surface area (Å²) >= 11 is 6.17. The van der Waals surface area contributed by atoms with Gasteiger partial charge >= 0.3 is 0 Å². The second kappa shape index (κ2) is 7.25. The fraction of sp³-hybridized carbons (Fsp3) is 0.235. The molecule has 21 heavy (non-hydrogen) atoms. The maximum absolute atomic E-state index is 12.2. The van der Waals surface area contributed by atoms with Gasteiger partial charge in [-0.1, -0.05) is 48.0 Å². The molecule has 0 aliphatic rings. The molecule has 0 heterocycles. The second-order valence-corrected chi connectivity index (χ2v) is 5.39. The highest BCUT2D eigenvalue weighted by atomic mass is 35.5. The van der Waals surface area contributed by atoms with Crippen molar-refractivity contribution in [1.82, 2.24) is 5.32 Å². The molecule has 0 aromatic heterocycles. The average Bonchev–Trinajstić information content (AvgIpc) is 2.48. The first-order valence-electron chi connectivity index (χ1n) is 6.94. The summed E-state index contributed by atoms with van der Waals surface area (Å²) in [5, 5.41) is 6.84. The van der Waals surface area contributed by atoms with E-state index in [2.05, 4.69) is 10.6 Å². The number of carbonyl (C=O) groups is 1. The molecule has 0 saturated carbocycles. The van der Waals surface area contributed by atoms with E-state index in [1.807, 2.05) is 68.4 Å². The third-order valence-electron chi connectivity index (χ3n) is 3.31.